The average molecular weight is 840 g/mol. The van der Waals surface area contributed by atoms with E-state index in [0.29, 0.717) is 17.5 Å². The van der Waals surface area contributed by atoms with Crippen molar-refractivity contribution in [3.63, 3.8) is 0 Å². The monoisotopic (exact) mass is 839 g/mol. The first-order valence-corrected chi connectivity index (χ1v) is 22.4. The molecule has 0 bridgehead atoms. The maximum atomic E-state index is 5.19. The maximum absolute atomic E-state index is 5.19. The van der Waals surface area contributed by atoms with Gasteiger partial charge in [-0.3, -0.25) is 0 Å². The third kappa shape index (κ3) is 5.50. The molecular formula is C61H37N5. The lowest BCUT2D eigenvalue weighted by Crippen LogP contribution is -2.02. The van der Waals surface area contributed by atoms with Crippen molar-refractivity contribution in [2.75, 3.05) is 0 Å². The standard InChI is InChI=1S/C61H37N5/c1-2-16-40(17-3-1)59-62-60(64-61(63-59)44-30-34-47-43(36-44)27-26-38-14-4-7-19-46(38)47)41-28-32-45(33-29-41)65-53-24-12-10-22-50(53)52-37-42-18-6-9-21-49(42)57(58(52)65)66-54-25-13-11-23-51(54)56-48-20-8-5-15-39(48)31-35-55(56)66/h1-37H. The Morgan fingerprint density at radius 1 is 0.273 bits per heavy atom. The van der Waals surface area contributed by atoms with Gasteiger partial charge >= 0.3 is 0 Å². The van der Waals surface area contributed by atoms with Gasteiger partial charge in [0, 0.05) is 49.3 Å². The van der Waals surface area contributed by atoms with E-state index in [4.69, 9.17) is 15.0 Å². The van der Waals surface area contributed by atoms with Crippen LogP contribution >= 0.6 is 0 Å². The van der Waals surface area contributed by atoms with E-state index in [1.807, 2.05) is 18.2 Å². The van der Waals surface area contributed by atoms with Crippen LogP contribution in [0.25, 0.3) is 132 Å². The number of para-hydroxylation sites is 2. The molecular weight excluding hydrogens is 803 g/mol. The zero-order valence-electron chi connectivity index (χ0n) is 35.6. The van der Waals surface area contributed by atoms with Gasteiger partial charge in [0.05, 0.1) is 27.8 Å². The van der Waals surface area contributed by atoms with Gasteiger partial charge in [-0.25, -0.2) is 15.0 Å². The number of rotatable bonds is 5. The molecule has 14 aromatic rings. The molecule has 306 valence electrons. The van der Waals surface area contributed by atoms with Crippen LogP contribution in [-0.4, -0.2) is 24.1 Å². The second-order valence-electron chi connectivity index (χ2n) is 17.2. The minimum Gasteiger partial charge on any atom is -0.307 e. The van der Waals surface area contributed by atoms with Crippen LogP contribution in [0.1, 0.15) is 0 Å². The summed E-state index contributed by atoms with van der Waals surface area (Å²) in [6.07, 6.45) is 0. The highest BCUT2D eigenvalue weighted by atomic mass is 15.1. The summed E-state index contributed by atoms with van der Waals surface area (Å²) in [6, 6.07) is 80.5. The normalized spacial score (nSPS) is 11.9. The van der Waals surface area contributed by atoms with Gasteiger partial charge in [-0.2, -0.15) is 0 Å². The number of aromatic nitrogens is 5. The average Bonchev–Trinajstić information content (AvgIpc) is 3.91. The third-order valence-corrected chi connectivity index (χ3v) is 13.5. The molecule has 66 heavy (non-hydrogen) atoms. The van der Waals surface area contributed by atoms with Crippen molar-refractivity contribution in [1.82, 2.24) is 24.1 Å². The molecule has 0 spiro atoms. The molecule has 5 heteroatoms. The summed E-state index contributed by atoms with van der Waals surface area (Å²) in [7, 11) is 0. The van der Waals surface area contributed by atoms with Crippen molar-refractivity contribution in [1.29, 1.82) is 0 Å². The SMILES string of the molecule is c1ccc(-c2nc(-c3ccc(-n4c5ccccc5c5cc6ccccc6c(-n6c7ccccc7c7c8ccccc8ccc76)c54)cc3)nc(-c3ccc4c(ccc5ccccc54)c3)n2)cc1. The molecule has 3 aromatic heterocycles. The molecule has 0 saturated carbocycles. The molecule has 0 atom stereocenters. The molecule has 0 saturated heterocycles. The molecule has 0 N–H and O–H groups in total. The van der Waals surface area contributed by atoms with Gasteiger partial charge in [0.15, 0.2) is 17.5 Å². The summed E-state index contributed by atoms with van der Waals surface area (Å²) in [5.41, 5.74) is 9.64. The minimum atomic E-state index is 0.621. The van der Waals surface area contributed by atoms with Gasteiger partial charge in [0.25, 0.3) is 0 Å². The first-order chi connectivity index (χ1) is 32.7. The largest absolute Gasteiger partial charge is 0.307 e. The second-order valence-corrected chi connectivity index (χ2v) is 17.2. The highest BCUT2D eigenvalue weighted by Crippen LogP contribution is 2.44. The number of hydrogen-bond donors (Lipinski definition) is 0. The van der Waals surface area contributed by atoms with Crippen LogP contribution in [-0.2, 0) is 0 Å². The molecule has 0 aliphatic heterocycles. The van der Waals surface area contributed by atoms with Crippen molar-refractivity contribution in [2.24, 2.45) is 0 Å². The Hall–Kier alpha value is -8.93. The summed E-state index contributed by atoms with van der Waals surface area (Å²) in [5.74, 6) is 1.89. The van der Waals surface area contributed by atoms with Crippen molar-refractivity contribution >= 4 is 86.7 Å². The molecule has 0 radical (unpaired) electrons. The van der Waals surface area contributed by atoms with Crippen molar-refractivity contribution < 1.29 is 0 Å². The van der Waals surface area contributed by atoms with Crippen LogP contribution in [0, 0.1) is 0 Å². The summed E-state index contributed by atoms with van der Waals surface area (Å²) >= 11 is 0. The Labute approximate surface area is 379 Å². The zero-order valence-corrected chi connectivity index (χ0v) is 35.6. The molecule has 0 aliphatic rings. The van der Waals surface area contributed by atoms with Crippen LogP contribution in [0.15, 0.2) is 224 Å². The van der Waals surface area contributed by atoms with Crippen molar-refractivity contribution in [3.8, 4) is 45.5 Å². The summed E-state index contributed by atoms with van der Waals surface area (Å²) < 4.78 is 4.96. The third-order valence-electron chi connectivity index (χ3n) is 13.5. The summed E-state index contributed by atoms with van der Waals surface area (Å²) in [6.45, 7) is 0. The highest BCUT2D eigenvalue weighted by molar-refractivity contribution is 6.24. The molecule has 14 rings (SSSR count). The molecule has 11 aromatic carbocycles. The predicted octanol–water partition coefficient (Wildman–Crippen LogP) is 15.7. The van der Waals surface area contributed by atoms with Crippen LogP contribution in [0.2, 0.25) is 0 Å². The predicted molar refractivity (Wildman–Crippen MR) is 275 cm³/mol. The van der Waals surface area contributed by atoms with E-state index in [1.165, 1.54) is 70.3 Å². The van der Waals surface area contributed by atoms with Gasteiger partial charge in [0.2, 0.25) is 0 Å². The van der Waals surface area contributed by atoms with E-state index in [2.05, 4.69) is 215 Å². The fraction of sp³-hybridized carbons (Fsp3) is 0. The van der Waals surface area contributed by atoms with Crippen LogP contribution in [0.5, 0.6) is 0 Å². The fourth-order valence-corrected chi connectivity index (χ4v) is 10.5. The Kier molecular flexibility index (Phi) is 7.91. The smallest absolute Gasteiger partial charge is 0.164 e. The molecule has 0 unspecified atom stereocenters. The van der Waals surface area contributed by atoms with E-state index in [1.54, 1.807) is 0 Å². The highest BCUT2D eigenvalue weighted by Gasteiger charge is 2.24. The first-order valence-electron chi connectivity index (χ1n) is 22.4. The Morgan fingerprint density at radius 2 is 0.773 bits per heavy atom. The molecule has 0 amide bonds. The van der Waals surface area contributed by atoms with E-state index >= 15 is 0 Å². The summed E-state index contributed by atoms with van der Waals surface area (Å²) in [4.78, 5) is 15.4. The van der Waals surface area contributed by atoms with Crippen molar-refractivity contribution in [2.45, 2.75) is 0 Å². The molecule has 0 fully saturated rings. The fourth-order valence-electron chi connectivity index (χ4n) is 10.5. The number of hydrogen-bond acceptors (Lipinski definition) is 3. The van der Waals surface area contributed by atoms with Gasteiger partial charge in [-0.05, 0) is 92.3 Å². The quantitative estimate of drug-likeness (QED) is 0.162. The lowest BCUT2D eigenvalue weighted by molar-refractivity contribution is 1.07. The number of nitrogens with zero attached hydrogens (tertiary/aromatic N) is 5. The van der Waals surface area contributed by atoms with Gasteiger partial charge < -0.3 is 9.13 Å². The molecule has 0 aliphatic carbocycles. The van der Waals surface area contributed by atoms with E-state index in [0.717, 1.165) is 44.5 Å². The lowest BCUT2D eigenvalue weighted by atomic mass is 10.00. The second kappa shape index (κ2) is 14.3. The van der Waals surface area contributed by atoms with Gasteiger partial charge in [0.1, 0.15) is 0 Å². The first kappa shape index (κ1) is 36.5. The molecule has 3 heterocycles. The van der Waals surface area contributed by atoms with Crippen molar-refractivity contribution in [3.05, 3.63) is 224 Å². The number of fused-ring (bicyclic) bond motifs is 12. The topological polar surface area (TPSA) is 48.5 Å². The van der Waals surface area contributed by atoms with Gasteiger partial charge in [-0.1, -0.05) is 170 Å². The van der Waals surface area contributed by atoms with E-state index in [9.17, 15) is 0 Å². The Morgan fingerprint density at radius 3 is 1.53 bits per heavy atom. The minimum absolute atomic E-state index is 0.621. The zero-order chi connectivity index (χ0) is 43.3. The Bertz CT molecular complexity index is 4280. The Balaban J connectivity index is 0.990. The van der Waals surface area contributed by atoms with Gasteiger partial charge in [-0.15, -0.1) is 0 Å². The van der Waals surface area contributed by atoms with Crippen LogP contribution in [0.4, 0.5) is 0 Å². The van der Waals surface area contributed by atoms with Crippen LogP contribution < -0.4 is 0 Å². The van der Waals surface area contributed by atoms with Crippen LogP contribution in [0.3, 0.4) is 0 Å². The number of benzene rings is 11. The van der Waals surface area contributed by atoms with E-state index < -0.39 is 0 Å². The summed E-state index contributed by atoms with van der Waals surface area (Å²) in [5, 5.41) is 14.6. The maximum Gasteiger partial charge on any atom is 0.164 e. The lowest BCUT2D eigenvalue weighted by Gasteiger charge is -2.17. The molecule has 5 nitrogen and oxygen atoms in total. The van der Waals surface area contributed by atoms with E-state index in [-0.39, 0.29) is 0 Å².